The van der Waals surface area contributed by atoms with Crippen LogP contribution in [0.5, 0.6) is 0 Å². The summed E-state index contributed by atoms with van der Waals surface area (Å²) in [7, 11) is 0. The summed E-state index contributed by atoms with van der Waals surface area (Å²) in [6, 6.07) is 8.85. The molecule has 1 unspecified atom stereocenters. The van der Waals surface area contributed by atoms with Crippen LogP contribution in [0.2, 0.25) is 0 Å². The van der Waals surface area contributed by atoms with Gasteiger partial charge < -0.3 is 11.1 Å². The molecule has 0 saturated heterocycles. The minimum atomic E-state index is 0.0403. The number of aryl methyl sites for hydroxylation is 1. The van der Waals surface area contributed by atoms with Crippen molar-refractivity contribution >= 4 is 0 Å². The van der Waals surface area contributed by atoms with Gasteiger partial charge in [-0.05, 0) is 49.3 Å². The average molecular weight is 258 g/mol. The minimum Gasteiger partial charge on any atom is -0.328 e. The van der Waals surface area contributed by atoms with Gasteiger partial charge in [0.2, 0.25) is 0 Å². The predicted molar refractivity (Wildman–Crippen MR) is 80.1 cm³/mol. The van der Waals surface area contributed by atoms with Crippen LogP contribution in [-0.4, -0.2) is 13.1 Å². The molecule has 3 rings (SSSR count). The highest BCUT2D eigenvalue weighted by molar-refractivity contribution is 5.36. The van der Waals surface area contributed by atoms with Crippen LogP contribution >= 0.6 is 0 Å². The predicted octanol–water partition coefficient (Wildman–Crippen LogP) is 2.96. The minimum absolute atomic E-state index is 0.0403. The highest BCUT2D eigenvalue weighted by atomic mass is 15.0. The molecule has 3 N–H and O–H groups in total. The second-order valence-corrected chi connectivity index (χ2v) is 6.31. The maximum absolute atomic E-state index is 6.15. The van der Waals surface area contributed by atoms with E-state index in [9.17, 15) is 0 Å². The van der Waals surface area contributed by atoms with Crippen molar-refractivity contribution in [1.29, 1.82) is 0 Å². The van der Waals surface area contributed by atoms with Gasteiger partial charge in [0.25, 0.3) is 0 Å². The molecule has 1 aromatic rings. The molecule has 0 bridgehead atoms. The molecule has 0 heterocycles. The Kier molecular flexibility index (Phi) is 3.90. The Bertz CT molecular complexity index is 425. The summed E-state index contributed by atoms with van der Waals surface area (Å²) in [4.78, 5) is 0. The van der Waals surface area contributed by atoms with Crippen molar-refractivity contribution in [1.82, 2.24) is 5.32 Å². The number of rotatable bonds is 5. The zero-order chi connectivity index (χ0) is 13.1. The van der Waals surface area contributed by atoms with Crippen LogP contribution in [-0.2, 0) is 12.0 Å². The highest BCUT2D eigenvalue weighted by Crippen LogP contribution is 2.35. The van der Waals surface area contributed by atoms with Gasteiger partial charge in [-0.15, -0.1) is 0 Å². The van der Waals surface area contributed by atoms with Gasteiger partial charge in [-0.2, -0.15) is 0 Å². The molecule has 2 heteroatoms. The molecule has 1 aromatic carbocycles. The van der Waals surface area contributed by atoms with Crippen molar-refractivity contribution in [3.63, 3.8) is 0 Å². The van der Waals surface area contributed by atoms with Gasteiger partial charge in [0.1, 0.15) is 0 Å². The van der Waals surface area contributed by atoms with Gasteiger partial charge in [0, 0.05) is 6.54 Å². The Hall–Kier alpha value is -0.860. The zero-order valence-electron chi connectivity index (χ0n) is 11.8. The largest absolute Gasteiger partial charge is 0.328 e. The van der Waals surface area contributed by atoms with Gasteiger partial charge in [-0.25, -0.2) is 0 Å². The third kappa shape index (κ3) is 2.56. The van der Waals surface area contributed by atoms with E-state index in [4.69, 9.17) is 5.73 Å². The molecule has 0 radical (unpaired) electrons. The normalized spacial score (nSPS) is 26.8. The Labute approximate surface area is 116 Å². The van der Waals surface area contributed by atoms with Crippen LogP contribution in [0.4, 0.5) is 0 Å². The average Bonchev–Trinajstić information content (AvgIpc) is 2.42. The molecule has 104 valence electrons. The molecule has 19 heavy (non-hydrogen) atoms. The Balaban J connectivity index is 1.71. The van der Waals surface area contributed by atoms with E-state index in [1.807, 2.05) is 0 Å². The molecule has 0 aromatic heterocycles. The van der Waals surface area contributed by atoms with Gasteiger partial charge in [0.15, 0.2) is 0 Å². The molecule has 2 aliphatic carbocycles. The van der Waals surface area contributed by atoms with Crippen LogP contribution < -0.4 is 11.1 Å². The summed E-state index contributed by atoms with van der Waals surface area (Å²) >= 11 is 0. The van der Waals surface area contributed by atoms with Crippen LogP contribution in [0.25, 0.3) is 0 Å². The lowest BCUT2D eigenvalue weighted by Gasteiger charge is -2.40. The van der Waals surface area contributed by atoms with Crippen molar-refractivity contribution in [3.8, 4) is 0 Å². The van der Waals surface area contributed by atoms with Crippen LogP contribution in [0, 0.1) is 5.92 Å². The number of benzene rings is 1. The third-order valence-corrected chi connectivity index (χ3v) is 5.17. The summed E-state index contributed by atoms with van der Waals surface area (Å²) in [6.07, 6.45) is 9.29. The van der Waals surface area contributed by atoms with Crippen LogP contribution in [0.1, 0.15) is 49.7 Å². The van der Waals surface area contributed by atoms with E-state index in [0.29, 0.717) is 6.54 Å². The summed E-state index contributed by atoms with van der Waals surface area (Å²) in [6.45, 7) is 1.84. The molecule has 1 atom stereocenters. The molecule has 0 spiro atoms. The summed E-state index contributed by atoms with van der Waals surface area (Å²) < 4.78 is 0. The van der Waals surface area contributed by atoms with Gasteiger partial charge in [-0.1, -0.05) is 43.5 Å². The molecular weight excluding hydrogens is 232 g/mol. The van der Waals surface area contributed by atoms with Crippen molar-refractivity contribution < 1.29 is 0 Å². The molecule has 0 amide bonds. The maximum Gasteiger partial charge on any atom is 0.0561 e. The van der Waals surface area contributed by atoms with Crippen LogP contribution in [0.3, 0.4) is 0 Å². The third-order valence-electron chi connectivity index (χ3n) is 5.17. The second-order valence-electron chi connectivity index (χ2n) is 6.31. The first-order valence-electron chi connectivity index (χ1n) is 7.87. The Morgan fingerprint density at radius 3 is 2.79 bits per heavy atom. The van der Waals surface area contributed by atoms with E-state index < -0.39 is 0 Å². The van der Waals surface area contributed by atoms with Crippen LogP contribution in [0.15, 0.2) is 24.3 Å². The van der Waals surface area contributed by atoms with Gasteiger partial charge in [0.05, 0.1) is 5.54 Å². The molecule has 1 saturated carbocycles. The summed E-state index contributed by atoms with van der Waals surface area (Å²) in [5.74, 6) is 0.973. The highest BCUT2D eigenvalue weighted by Gasteiger charge is 2.34. The number of hydrogen-bond acceptors (Lipinski definition) is 2. The van der Waals surface area contributed by atoms with E-state index in [0.717, 1.165) is 12.5 Å². The Morgan fingerprint density at radius 2 is 2.05 bits per heavy atom. The Morgan fingerprint density at radius 1 is 1.21 bits per heavy atom. The molecule has 0 aliphatic heterocycles. The topological polar surface area (TPSA) is 38.0 Å². The van der Waals surface area contributed by atoms with Crippen molar-refractivity contribution in [2.75, 3.05) is 13.1 Å². The monoisotopic (exact) mass is 258 g/mol. The standard InChI is InChI=1S/C17H26N2/c18-13-17(19-12-10-14-5-3-6-14)11-4-8-15-7-1-2-9-16(15)17/h1-2,7,9,14,19H,3-6,8,10-13,18H2. The quantitative estimate of drug-likeness (QED) is 0.852. The van der Waals surface area contributed by atoms with E-state index in [-0.39, 0.29) is 5.54 Å². The van der Waals surface area contributed by atoms with E-state index >= 15 is 0 Å². The smallest absolute Gasteiger partial charge is 0.0561 e. The number of nitrogens with two attached hydrogens (primary N) is 1. The molecule has 2 nitrogen and oxygen atoms in total. The number of hydrogen-bond donors (Lipinski definition) is 2. The van der Waals surface area contributed by atoms with Crippen molar-refractivity contribution in [2.45, 2.75) is 50.5 Å². The fraction of sp³-hybridized carbons (Fsp3) is 0.647. The fourth-order valence-corrected chi connectivity index (χ4v) is 3.69. The van der Waals surface area contributed by atoms with E-state index in [2.05, 4.69) is 29.6 Å². The lowest BCUT2D eigenvalue weighted by atomic mass is 9.76. The first-order chi connectivity index (χ1) is 9.34. The van der Waals surface area contributed by atoms with E-state index in [1.54, 1.807) is 0 Å². The van der Waals surface area contributed by atoms with Crippen molar-refractivity contribution in [2.24, 2.45) is 11.7 Å². The lowest BCUT2D eigenvalue weighted by molar-refractivity contribution is 0.248. The SMILES string of the molecule is NCC1(NCCC2CCC2)CCCc2ccccc21. The molecule has 2 aliphatic rings. The van der Waals surface area contributed by atoms with Gasteiger partial charge >= 0.3 is 0 Å². The lowest BCUT2D eigenvalue weighted by Crippen LogP contribution is -2.51. The maximum atomic E-state index is 6.15. The summed E-state index contributed by atoms with van der Waals surface area (Å²) in [5, 5.41) is 3.82. The first-order valence-corrected chi connectivity index (χ1v) is 7.87. The fourth-order valence-electron chi connectivity index (χ4n) is 3.69. The van der Waals surface area contributed by atoms with Crippen molar-refractivity contribution in [3.05, 3.63) is 35.4 Å². The first kappa shape index (κ1) is 13.1. The van der Waals surface area contributed by atoms with Gasteiger partial charge in [-0.3, -0.25) is 0 Å². The summed E-state index contributed by atoms with van der Waals surface area (Å²) in [5.41, 5.74) is 9.15. The number of nitrogens with one attached hydrogen (secondary N) is 1. The second kappa shape index (κ2) is 5.64. The number of fused-ring (bicyclic) bond motifs is 1. The van der Waals surface area contributed by atoms with E-state index in [1.165, 1.54) is 56.1 Å². The molecule has 1 fully saturated rings. The zero-order valence-corrected chi connectivity index (χ0v) is 11.8. The molecular formula is C17H26N2.